The van der Waals surface area contributed by atoms with Crippen LogP contribution in [-0.2, 0) is 17.8 Å². The van der Waals surface area contributed by atoms with Gasteiger partial charge in [-0.25, -0.2) is 0 Å². The first-order chi connectivity index (χ1) is 11.8. The Hall–Kier alpha value is -2.69. The Morgan fingerprint density at radius 3 is 2.96 bits per heavy atom. The third-order valence-corrected chi connectivity index (χ3v) is 4.71. The van der Waals surface area contributed by atoms with Crippen molar-refractivity contribution in [3.8, 4) is 0 Å². The van der Waals surface area contributed by atoms with Crippen LogP contribution in [0.15, 0.2) is 55.0 Å². The van der Waals surface area contributed by atoms with E-state index in [9.17, 15) is 4.79 Å². The van der Waals surface area contributed by atoms with E-state index in [0.29, 0.717) is 6.42 Å². The first-order valence-electron chi connectivity index (χ1n) is 8.41. The normalized spacial score (nSPS) is 17.5. The molecule has 0 saturated carbocycles. The first-order valence-corrected chi connectivity index (χ1v) is 8.41. The Kier molecular flexibility index (Phi) is 3.99. The van der Waals surface area contributed by atoms with Gasteiger partial charge >= 0.3 is 0 Å². The molecular formula is C19H20N4O. The van der Waals surface area contributed by atoms with Crippen molar-refractivity contribution in [1.82, 2.24) is 19.7 Å². The number of hydrogen-bond donors (Lipinski definition) is 0. The monoisotopic (exact) mass is 320 g/mol. The van der Waals surface area contributed by atoms with Gasteiger partial charge in [0.05, 0.1) is 24.5 Å². The van der Waals surface area contributed by atoms with E-state index in [1.165, 1.54) is 0 Å². The minimum absolute atomic E-state index is 0.183. The van der Waals surface area contributed by atoms with E-state index in [4.69, 9.17) is 0 Å². The molecule has 122 valence electrons. The quantitative estimate of drug-likeness (QED) is 0.742. The zero-order valence-corrected chi connectivity index (χ0v) is 13.5. The van der Waals surface area contributed by atoms with Crippen molar-refractivity contribution in [2.45, 2.75) is 31.8 Å². The van der Waals surface area contributed by atoms with Gasteiger partial charge < -0.3 is 4.90 Å². The zero-order chi connectivity index (χ0) is 16.4. The first kappa shape index (κ1) is 14.9. The lowest BCUT2D eigenvalue weighted by atomic mass is 10.1. The summed E-state index contributed by atoms with van der Waals surface area (Å²) in [6, 6.07) is 12.2. The number of para-hydroxylation sites is 1. The smallest absolute Gasteiger partial charge is 0.227 e. The average molecular weight is 320 g/mol. The van der Waals surface area contributed by atoms with Crippen LogP contribution in [-0.4, -0.2) is 38.2 Å². The lowest BCUT2D eigenvalue weighted by molar-refractivity contribution is -0.131. The fourth-order valence-electron chi connectivity index (χ4n) is 3.55. The van der Waals surface area contributed by atoms with Gasteiger partial charge in [0.1, 0.15) is 0 Å². The molecule has 1 aliphatic rings. The van der Waals surface area contributed by atoms with Gasteiger partial charge in [-0.05, 0) is 30.5 Å². The molecular weight excluding hydrogens is 300 g/mol. The highest BCUT2D eigenvalue weighted by atomic mass is 16.2. The van der Waals surface area contributed by atoms with Crippen molar-refractivity contribution in [3.63, 3.8) is 0 Å². The number of aromatic nitrogens is 3. The highest BCUT2D eigenvalue weighted by Gasteiger charge is 2.29. The van der Waals surface area contributed by atoms with Crippen molar-refractivity contribution in [2.24, 2.45) is 0 Å². The maximum atomic E-state index is 12.9. The third kappa shape index (κ3) is 2.89. The van der Waals surface area contributed by atoms with Crippen LogP contribution in [0.1, 0.15) is 18.4 Å². The number of likely N-dealkylation sites (tertiary alicyclic amines) is 1. The van der Waals surface area contributed by atoms with Crippen LogP contribution in [0.25, 0.3) is 10.9 Å². The average Bonchev–Trinajstić information content (AvgIpc) is 3.27. The van der Waals surface area contributed by atoms with Gasteiger partial charge in [0.15, 0.2) is 0 Å². The minimum Gasteiger partial charge on any atom is -0.338 e. The largest absolute Gasteiger partial charge is 0.338 e. The number of pyridine rings is 1. The molecule has 0 N–H and O–H groups in total. The molecule has 1 aliphatic heterocycles. The molecule has 0 unspecified atom stereocenters. The topological polar surface area (TPSA) is 51.0 Å². The van der Waals surface area contributed by atoms with Gasteiger partial charge in [0.25, 0.3) is 0 Å². The molecule has 24 heavy (non-hydrogen) atoms. The van der Waals surface area contributed by atoms with Gasteiger partial charge in [0, 0.05) is 30.5 Å². The fourth-order valence-corrected chi connectivity index (χ4v) is 3.55. The summed E-state index contributed by atoms with van der Waals surface area (Å²) >= 11 is 0. The summed E-state index contributed by atoms with van der Waals surface area (Å²) in [5.41, 5.74) is 1.93. The molecule has 0 radical (unpaired) electrons. The molecule has 2 aromatic heterocycles. The van der Waals surface area contributed by atoms with Crippen LogP contribution in [0.4, 0.5) is 0 Å². The van der Waals surface area contributed by atoms with Crippen LogP contribution in [0.5, 0.6) is 0 Å². The van der Waals surface area contributed by atoms with E-state index in [-0.39, 0.29) is 11.9 Å². The summed E-state index contributed by atoms with van der Waals surface area (Å²) < 4.78 is 1.91. The molecule has 0 aliphatic carbocycles. The SMILES string of the molecule is O=C(Cc1cccc2cccnc12)N1CCC[C@@H]1Cn1cccn1. The Bertz CT molecular complexity index is 838. The second-order valence-corrected chi connectivity index (χ2v) is 6.28. The predicted octanol–water partition coefficient (Wildman–Crippen LogP) is 2.67. The van der Waals surface area contributed by atoms with E-state index in [1.54, 1.807) is 12.4 Å². The summed E-state index contributed by atoms with van der Waals surface area (Å²) in [5.74, 6) is 0.183. The molecule has 3 aromatic rings. The van der Waals surface area contributed by atoms with Crippen LogP contribution < -0.4 is 0 Å². The summed E-state index contributed by atoms with van der Waals surface area (Å²) in [6.07, 6.45) is 8.03. The van der Waals surface area contributed by atoms with Crippen LogP contribution in [0.2, 0.25) is 0 Å². The summed E-state index contributed by atoms with van der Waals surface area (Å²) in [5, 5.41) is 5.35. The summed E-state index contributed by atoms with van der Waals surface area (Å²) in [4.78, 5) is 19.3. The number of benzene rings is 1. The molecule has 1 saturated heterocycles. The number of rotatable bonds is 4. The predicted molar refractivity (Wildman–Crippen MR) is 92.4 cm³/mol. The van der Waals surface area contributed by atoms with E-state index in [0.717, 1.165) is 42.4 Å². The maximum absolute atomic E-state index is 12.9. The lowest BCUT2D eigenvalue weighted by Gasteiger charge is -2.25. The molecule has 0 spiro atoms. The second kappa shape index (κ2) is 6.43. The summed E-state index contributed by atoms with van der Waals surface area (Å²) in [7, 11) is 0. The number of amides is 1. The molecule has 0 bridgehead atoms. The maximum Gasteiger partial charge on any atom is 0.227 e. The number of hydrogen-bond acceptors (Lipinski definition) is 3. The lowest BCUT2D eigenvalue weighted by Crippen LogP contribution is -2.39. The van der Waals surface area contributed by atoms with Crippen molar-refractivity contribution < 1.29 is 4.79 Å². The van der Waals surface area contributed by atoms with Gasteiger partial charge in [0.2, 0.25) is 5.91 Å². The van der Waals surface area contributed by atoms with Crippen LogP contribution in [0.3, 0.4) is 0 Å². The Labute approximate surface area is 140 Å². The Morgan fingerprint density at radius 1 is 1.17 bits per heavy atom. The van der Waals surface area contributed by atoms with E-state index in [1.807, 2.05) is 52.2 Å². The van der Waals surface area contributed by atoms with Crippen LogP contribution in [0, 0.1) is 0 Å². The van der Waals surface area contributed by atoms with Crippen molar-refractivity contribution in [3.05, 3.63) is 60.6 Å². The van der Waals surface area contributed by atoms with Gasteiger partial charge in [-0.2, -0.15) is 5.10 Å². The van der Waals surface area contributed by atoms with Gasteiger partial charge in [-0.1, -0.05) is 24.3 Å². The molecule has 1 aromatic carbocycles. The zero-order valence-electron chi connectivity index (χ0n) is 13.5. The molecule has 5 heteroatoms. The highest BCUT2D eigenvalue weighted by Crippen LogP contribution is 2.22. The van der Waals surface area contributed by atoms with Crippen molar-refractivity contribution in [2.75, 3.05) is 6.54 Å². The molecule has 1 fully saturated rings. The molecule has 1 amide bonds. The minimum atomic E-state index is 0.183. The fraction of sp³-hybridized carbons (Fsp3) is 0.316. The highest BCUT2D eigenvalue weighted by molar-refractivity contribution is 5.87. The third-order valence-electron chi connectivity index (χ3n) is 4.71. The molecule has 4 rings (SSSR count). The van der Waals surface area contributed by atoms with E-state index >= 15 is 0 Å². The standard InChI is InChI=1S/C19H20N4O/c24-18(13-16-6-1-5-15-7-2-9-20-19(15)16)23-12-3-8-17(23)14-22-11-4-10-21-22/h1-2,4-7,9-11,17H,3,8,12-14H2/t17-/m1/s1. The van der Waals surface area contributed by atoms with Gasteiger partial charge in [-0.3, -0.25) is 14.5 Å². The van der Waals surface area contributed by atoms with Crippen molar-refractivity contribution in [1.29, 1.82) is 0 Å². The molecule has 5 nitrogen and oxygen atoms in total. The van der Waals surface area contributed by atoms with Gasteiger partial charge in [-0.15, -0.1) is 0 Å². The van der Waals surface area contributed by atoms with Crippen molar-refractivity contribution >= 4 is 16.8 Å². The summed E-state index contributed by atoms with van der Waals surface area (Å²) in [6.45, 7) is 1.61. The number of carbonyl (C=O) groups is 1. The second-order valence-electron chi connectivity index (χ2n) is 6.28. The Morgan fingerprint density at radius 2 is 2.08 bits per heavy atom. The Balaban J connectivity index is 1.52. The number of fused-ring (bicyclic) bond motifs is 1. The number of carbonyl (C=O) groups excluding carboxylic acids is 1. The van der Waals surface area contributed by atoms with Crippen LogP contribution >= 0.6 is 0 Å². The molecule has 1 atom stereocenters. The molecule has 3 heterocycles. The van der Waals surface area contributed by atoms with E-state index in [2.05, 4.69) is 10.1 Å². The number of nitrogens with zero attached hydrogens (tertiary/aromatic N) is 4. The van der Waals surface area contributed by atoms with E-state index < -0.39 is 0 Å².